The summed E-state index contributed by atoms with van der Waals surface area (Å²) in [4.78, 5) is 14.7. The minimum absolute atomic E-state index is 0.194. The number of halogens is 3. The Hall–Kier alpha value is -2.77. The number of nitrogens with one attached hydrogen (secondary N) is 1. The van der Waals surface area contributed by atoms with Gasteiger partial charge in [0.1, 0.15) is 0 Å². The molecule has 1 heterocycles. The molecular formula is C21H15Cl3N4O2. The number of rotatable bonds is 4. The van der Waals surface area contributed by atoms with E-state index in [1.807, 2.05) is 24.3 Å². The molecule has 6 nitrogen and oxygen atoms in total. The molecule has 0 aliphatic heterocycles. The Kier molecular flexibility index (Phi) is 5.83. The number of aromatic nitrogens is 2. The third kappa shape index (κ3) is 4.22. The number of hydrogen-bond donors (Lipinski definition) is 2. The molecule has 9 heteroatoms. The SMILES string of the molecule is O=C(N(O)c1ccc(Cl)c(Cl)c1)N(Cc1ccc(Cl)cc1)c1ccc2[nH]ncc2c1. The first-order chi connectivity index (χ1) is 14.4. The molecule has 1 aromatic heterocycles. The van der Waals surface area contributed by atoms with E-state index < -0.39 is 6.03 Å². The molecule has 2 amide bonds. The number of nitrogens with zero attached hydrogens (tertiary/aromatic N) is 3. The summed E-state index contributed by atoms with van der Waals surface area (Å²) in [5.41, 5.74) is 2.45. The molecule has 3 aromatic carbocycles. The highest BCUT2D eigenvalue weighted by atomic mass is 35.5. The van der Waals surface area contributed by atoms with Gasteiger partial charge in [-0.15, -0.1) is 0 Å². The molecule has 0 fully saturated rings. The van der Waals surface area contributed by atoms with Gasteiger partial charge in [0.05, 0.1) is 34.0 Å². The van der Waals surface area contributed by atoms with Gasteiger partial charge in [0.15, 0.2) is 0 Å². The van der Waals surface area contributed by atoms with Crippen molar-refractivity contribution in [2.24, 2.45) is 0 Å². The van der Waals surface area contributed by atoms with Crippen molar-refractivity contribution in [1.29, 1.82) is 0 Å². The highest BCUT2D eigenvalue weighted by Gasteiger charge is 2.24. The molecule has 30 heavy (non-hydrogen) atoms. The van der Waals surface area contributed by atoms with E-state index in [0.29, 0.717) is 20.8 Å². The first kappa shape index (κ1) is 20.5. The van der Waals surface area contributed by atoms with Gasteiger partial charge in [-0.1, -0.05) is 46.9 Å². The van der Waals surface area contributed by atoms with Gasteiger partial charge in [0.25, 0.3) is 0 Å². The van der Waals surface area contributed by atoms with Crippen molar-refractivity contribution in [3.63, 3.8) is 0 Å². The van der Waals surface area contributed by atoms with E-state index in [4.69, 9.17) is 34.8 Å². The van der Waals surface area contributed by atoms with E-state index in [9.17, 15) is 10.0 Å². The maximum absolute atomic E-state index is 13.3. The Balaban J connectivity index is 1.71. The smallest absolute Gasteiger partial charge is 0.288 e. The second-order valence-electron chi connectivity index (χ2n) is 6.55. The average molecular weight is 462 g/mol. The molecule has 0 unspecified atom stereocenters. The molecule has 0 radical (unpaired) electrons. The molecule has 2 N–H and O–H groups in total. The minimum atomic E-state index is -0.661. The Labute approximate surface area is 187 Å². The van der Waals surface area contributed by atoms with Gasteiger partial charge in [0, 0.05) is 16.1 Å². The van der Waals surface area contributed by atoms with Crippen LogP contribution in [0, 0.1) is 0 Å². The first-order valence-corrected chi connectivity index (χ1v) is 9.99. The topological polar surface area (TPSA) is 72.5 Å². The lowest BCUT2D eigenvalue weighted by atomic mass is 10.1. The number of fused-ring (bicyclic) bond motifs is 1. The van der Waals surface area contributed by atoms with E-state index in [0.717, 1.165) is 16.5 Å². The molecule has 0 saturated carbocycles. The van der Waals surface area contributed by atoms with Crippen molar-refractivity contribution in [3.8, 4) is 0 Å². The number of carbonyl (C=O) groups excluding carboxylic acids is 1. The summed E-state index contributed by atoms with van der Waals surface area (Å²) in [5, 5.41) is 20.0. The Bertz CT molecular complexity index is 1210. The quantitative estimate of drug-likeness (QED) is 0.267. The highest BCUT2D eigenvalue weighted by Crippen LogP contribution is 2.29. The third-order valence-corrected chi connectivity index (χ3v) is 5.54. The third-order valence-electron chi connectivity index (χ3n) is 4.55. The molecule has 0 saturated heterocycles. The maximum atomic E-state index is 13.3. The van der Waals surface area contributed by atoms with Crippen LogP contribution >= 0.6 is 34.8 Å². The summed E-state index contributed by atoms with van der Waals surface area (Å²) in [7, 11) is 0. The summed E-state index contributed by atoms with van der Waals surface area (Å²) in [6, 6.07) is 16.3. The van der Waals surface area contributed by atoms with Crippen LogP contribution in [0.2, 0.25) is 15.1 Å². The fraction of sp³-hybridized carbons (Fsp3) is 0.0476. The van der Waals surface area contributed by atoms with E-state index in [1.165, 1.54) is 23.1 Å². The Morgan fingerprint density at radius 1 is 0.933 bits per heavy atom. The molecule has 0 aliphatic rings. The molecule has 0 bridgehead atoms. The Morgan fingerprint density at radius 2 is 1.67 bits per heavy atom. The van der Waals surface area contributed by atoms with Crippen molar-refractivity contribution in [2.75, 3.05) is 9.96 Å². The van der Waals surface area contributed by atoms with Crippen LogP contribution in [-0.4, -0.2) is 21.4 Å². The lowest BCUT2D eigenvalue weighted by Gasteiger charge is -2.27. The van der Waals surface area contributed by atoms with Gasteiger partial charge in [-0.2, -0.15) is 10.2 Å². The molecular weight excluding hydrogens is 447 g/mol. The number of anilines is 2. The standard InChI is InChI=1S/C21H15Cl3N4O2/c22-15-3-1-13(2-4-15)12-27(16-6-8-20-14(9-16)11-25-26-20)21(29)28(30)17-5-7-18(23)19(24)10-17/h1-11,30H,12H2,(H,25,26). The molecule has 0 spiro atoms. The highest BCUT2D eigenvalue weighted by molar-refractivity contribution is 6.42. The number of hydroxylamine groups is 1. The fourth-order valence-corrected chi connectivity index (χ4v) is 3.40. The first-order valence-electron chi connectivity index (χ1n) is 8.85. The van der Waals surface area contributed by atoms with Crippen LogP contribution in [0.15, 0.2) is 66.9 Å². The van der Waals surface area contributed by atoms with Crippen molar-refractivity contribution in [3.05, 3.63) is 87.5 Å². The maximum Gasteiger partial charge on any atom is 0.353 e. The largest absolute Gasteiger partial charge is 0.353 e. The minimum Gasteiger partial charge on any atom is -0.288 e. The molecule has 0 aliphatic carbocycles. The predicted molar refractivity (Wildman–Crippen MR) is 120 cm³/mol. The summed E-state index contributed by atoms with van der Waals surface area (Å²) in [6.07, 6.45) is 1.67. The summed E-state index contributed by atoms with van der Waals surface area (Å²) >= 11 is 18.0. The Morgan fingerprint density at radius 3 is 2.40 bits per heavy atom. The van der Waals surface area contributed by atoms with Crippen LogP contribution in [0.4, 0.5) is 16.2 Å². The number of hydrogen-bond acceptors (Lipinski definition) is 3. The zero-order valence-corrected chi connectivity index (χ0v) is 17.7. The second kappa shape index (κ2) is 8.53. The van der Waals surface area contributed by atoms with Crippen LogP contribution in [0.3, 0.4) is 0 Å². The number of benzene rings is 3. The van der Waals surface area contributed by atoms with Crippen molar-refractivity contribution >= 4 is 63.1 Å². The van der Waals surface area contributed by atoms with Crippen LogP contribution < -0.4 is 9.96 Å². The molecule has 4 aromatic rings. The van der Waals surface area contributed by atoms with Gasteiger partial charge in [-0.25, -0.2) is 4.79 Å². The number of amides is 2. The van der Waals surface area contributed by atoms with E-state index in [2.05, 4.69) is 10.2 Å². The zero-order chi connectivity index (χ0) is 21.3. The lowest BCUT2D eigenvalue weighted by Crippen LogP contribution is -2.41. The zero-order valence-electron chi connectivity index (χ0n) is 15.4. The lowest BCUT2D eigenvalue weighted by molar-refractivity contribution is 0.210. The molecule has 0 atom stereocenters. The number of urea groups is 1. The van der Waals surface area contributed by atoms with Crippen molar-refractivity contribution < 1.29 is 10.0 Å². The fourth-order valence-electron chi connectivity index (χ4n) is 2.98. The average Bonchev–Trinajstić information content (AvgIpc) is 3.22. The van der Waals surface area contributed by atoms with E-state index >= 15 is 0 Å². The van der Waals surface area contributed by atoms with E-state index in [1.54, 1.807) is 24.4 Å². The summed E-state index contributed by atoms with van der Waals surface area (Å²) in [5.74, 6) is 0. The molecule has 4 rings (SSSR count). The van der Waals surface area contributed by atoms with Gasteiger partial charge in [-0.05, 0) is 54.1 Å². The number of aromatic amines is 1. The number of H-pyrrole nitrogens is 1. The summed E-state index contributed by atoms with van der Waals surface area (Å²) < 4.78 is 0. The normalized spacial score (nSPS) is 10.9. The van der Waals surface area contributed by atoms with Crippen LogP contribution in [0.25, 0.3) is 10.9 Å². The second-order valence-corrected chi connectivity index (χ2v) is 7.80. The van der Waals surface area contributed by atoms with E-state index in [-0.39, 0.29) is 17.3 Å². The predicted octanol–water partition coefficient (Wildman–Crippen LogP) is 6.55. The van der Waals surface area contributed by atoms with Gasteiger partial charge >= 0.3 is 6.03 Å². The van der Waals surface area contributed by atoms with Crippen molar-refractivity contribution in [2.45, 2.75) is 6.54 Å². The van der Waals surface area contributed by atoms with Gasteiger partial charge < -0.3 is 0 Å². The van der Waals surface area contributed by atoms with Crippen molar-refractivity contribution in [1.82, 2.24) is 10.2 Å². The van der Waals surface area contributed by atoms with Gasteiger partial charge in [0.2, 0.25) is 0 Å². The number of carbonyl (C=O) groups is 1. The van der Waals surface area contributed by atoms with Gasteiger partial charge in [-0.3, -0.25) is 15.2 Å². The summed E-state index contributed by atoms with van der Waals surface area (Å²) in [6.45, 7) is 0.206. The molecule has 152 valence electrons. The van der Waals surface area contributed by atoms with Crippen LogP contribution in [0.5, 0.6) is 0 Å². The van der Waals surface area contributed by atoms with Crippen LogP contribution in [0.1, 0.15) is 5.56 Å². The van der Waals surface area contributed by atoms with Crippen LogP contribution in [-0.2, 0) is 6.54 Å². The monoisotopic (exact) mass is 460 g/mol.